The first-order valence-electron chi connectivity index (χ1n) is 10.1. The number of likely N-dealkylation sites (tertiary alicyclic amines) is 1. The molecular formula is C23H31NO. The van der Waals surface area contributed by atoms with E-state index in [0.29, 0.717) is 23.3 Å². The van der Waals surface area contributed by atoms with Crippen molar-refractivity contribution in [2.75, 3.05) is 13.3 Å². The van der Waals surface area contributed by atoms with E-state index in [4.69, 9.17) is 0 Å². The van der Waals surface area contributed by atoms with Gasteiger partial charge in [-0.2, -0.15) is 0 Å². The summed E-state index contributed by atoms with van der Waals surface area (Å²) in [4.78, 5) is 2.36. The number of benzene rings is 1. The summed E-state index contributed by atoms with van der Waals surface area (Å²) in [5.74, 6) is 1.43. The summed E-state index contributed by atoms with van der Waals surface area (Å²) in [5.41, 5.74) is 1.79. The molecule has 1 spiro atoms. The Morgan fingerprint density at radius 2 is 2.00 bits per heavy atom. The van der Waals surface area contributed by atoms with Crippen molar-refractivity contribution >= 4 is 0 Å². The van der Waals surface area contributed by atoms with E-state index in [0.717, 1.165) is 13.0 Å². The van der Waals surface area contributed by atoms with Crippen LogP contribution in [0.1, 0.15) is 44.1 Å². The Morgan fingerprint density at radius 1 is 1.12 bits per heavy atom. The smallest absolute Gasteiger partial charge is 0.0959 e. The Hall–Kier alpha value is -1.38. The average molecular weight is 338 g/mol. The number of piperidine rings is 1. The van der Waals surface area contributed by atoms with Gasteiger partial charge in [0.05, 0.1) is 6.73 Å². The Bertz CT molecular complexity index is 622. The largest absolute Gasteiger partial charge is 0.381 e. The van der Waals surface area contributed by atoms with Gasteiger partial charge in [0.15, 0.2) is 0 Å². The molecule has 4 atom stereocenters. The van der Waals surface area contributed by atoms with Crippen LogP contribution in [0.15, 0.2) is 54.6 Å². The first-order valence-corrected chi connectivity index (χ1v) is 10.1. The molecule has 1 saturated heterocycles. The fraction of sp³-hybridized carbons (Fsp3) is 0.565. The van der Waals surface area contributed by atoms with Crippen LogP contribution in [-0.2, 0) is 6.42 Å². The second-order valence-electron chi connectivity index (χ2n) is 8.24. The van der Waals surface area contributed by atoms with Crippen LogP contribution in [0.4, 0.5) is 0 Å². The van der Waals surface area contributed by atoms with Gasteiger partial charge < -0.3 is 5.11 Å². The lowest BCUT2D eigenvalue weighted by Gasteiger charge is -2.56. The van der Waals surface area contributed by atoms with E-state index in [1.807, 2.05) is 0 Å². The fourth-order valence-corrected chi connectivity index (χ4v) is 5.65. The van der Waals surface area contributed by atoms with Crippen molar-refractivity contribution in [2.45, 2.75) is 51.0 Å². The third-order valence-corrected chi connectivity index (χ3v) is 6.97. The molecule has 0 aromatic heterocycles. The van der Waals surface area contributed by atoms with Gasteiger partial charge in [0.25, 0.3) is 0 Å². The minimum absolute atomic E-state index is 0.215. The van der Waals surface area contributed by atoms with Gasteiger partial charge in [0.1, 0.15) is 0 Å². The first-order chi connectivity index (χ1) is 12.3. The van der Waals surface area contributed by atoms with Gasteiger partial charge >= 0.3 is 0 Å². The summed E-state index contributed by atoms with van der Waals surface area (Å²) < 4.78 is 0. The lowest BCUT2D eigenvalue weighted by atomic mass is 9.54. The molecule has 1 saturated carbocycles. The van der Waals surface area contributed by atoms with Gasteiger partial charge in [-0.05, 0) is 55.9 Å². The second kappa shape index (κ2) is 7.47. The monoisotopic (exact) mass is 337 g/mol. The maximum absolute atomic E-state index is 9.96. The first kappa shape index (κ1) is 17.1. The molecule has 1 aromatic rings. The fourth-order valence-electron chi connectivity index (χ4n) is 5.65. The number of hydrogen-bond acceptors (Lipinski definition) is 2. The van der Waals surface area contributed by atoms with Crippen LogP contribution < -0.4 is 0 Å². The van der Waals surface area contributed by atoms with E-state index in [2.05, 4.69) is 59.5 Å². The van der Waals surface area contributed by atoms with E-state index < -0.39 is 0 Å². The molecule has 1 aliphatic heterocycles. The molecular weight excluding hydrogens is 306 g/mol. The molecule has 2 heteroatoms. The molecule has 2 aliphatic carbocycles. The zero-order valence-corrected chi connectivity index (χ0v) is 15.2. The number of allylic oxidation sites excluding steroid dienone is 4. The number of aliphatic hydroxyl groups is 1. The maximum Gasteiger partial charge on any atom is 0.0959 e. The lowest BCUT2D eigenvalue weighted by Crippen LogP contribution is -2.56. The summed E-state index contributed by atoms with van der Waals surface area (Å²) in [6.45, 7) is 1.29. The van der Waals surface area contributed by atoms with E-state index in [-0.39, 0.29) is 6.73 Å². The Labute approximate surface area is 152 Å². The Kier molecular flexibility index (Phi) is 5.10. The Balaban J connectivity index is 1.45. The summed E-state index contributed by atoms with van der Waals surface area (Å²) >= 11 is 0. The van der Waals surface area contributed by atoms with E-state index in [9.17, 15) is 5.11 Å². The van der Waals surface area contributed by atoms with Crippen LogP contribution in [0.3, 0.4) is 0 Å². The minimum Gasteiger partial charge on any atom is -0.381 e. The lowest BCUT2D eigenvalue weighted by molar-refractivity contribution is -0.0637. The van der Waals surface area contributed by atoms with Gasteiger partial charge in [-0.15, -0.1) is 0 Å². The number of rotatable bonds is 5. The van der Waals surface area contributed by atoms with Crippen LogP contribution in [0.25, 0.3) is 0 Å². The van der Waals surface area contributed by atoms with Gasteiger partial charge in [-0.1, -0.05) is 61.1 Å². The van der Waals surface area contributed by atoms with Gasteiger partial charge in [-0.25, -0.2) is 0 Å². The molecule has 1 N–H and O–H groups in total. The number of aryl methyl sites for hydroxylation is 1. The highest BCUT2D eigenvalue weighted by Gasteiger charge is 2.50. The van der Waals surface area contributed by atoms with Gasteiger partial charge in [0, 0.05) is 18.0 Å². The highest BCUT2D eigenvalue weighted by atomic mass is 16.3. The molecule has 2 nitrogen and oxygen atoms in total. The molecule has 0 radical (unpaired) electrons. The van der Waals surface area contributed by atoms with Crippen LogP contribution >= 0.6 is 0 Å². The SMILES string of the molecule is OCN1CC2CCCC3C=CC=CC32CC1CCCc1ccccc1. The van der Waals surface area contributed by atoms with Crippen molar-refractivity contribution < 1.29 is 5.11 Å². The molecule has 3 aliphatic rings. The number of aliphatic hydroxyl groups excluding tert-OH is 1. The molecule has 0 bridgehead atoms. The quantitative estimate of drug-likeness (QED) is 0.851. The molecule has 2 fully saturated rings. The number of hydrogen-bond donors (Lipinski definition) is 1. The summed E-state index contributed by atoms with van der Waals surface area (Å²) in [7, 11) is 0. The predicted octanol–water partition coefficient (Wildman–Crippen LogP) is 4.56. The molecule has 4 unspecified atom stereocenters. The summed E-state index contributed by atoms with van der Waals surface area (Å²) in [6, 6.07) is 11.3. The minimum atomic E-state index is 0.215. The van der Waals surface area contributed by atoms with Crippen LogP contribution in [0.2, 0.25) is 0 Å². The van der Waals surface area contributed by atoms with Gasteiger partial charge in [-0.3, -0.25) is 4.90 Å². The van der Waals surface area contributed by atoms with E-state index in [1.54, 1.807) is 0 Å². The number of nitrogens with zero attached hydrogens (tertiary/aromatic N) is 1. The van der Waals surface area contributed by atoms with Crippen LogP contribution in [0, 0.1) is 17.3 Å². The second-order valence-corrected chi connectivity index (χ2v) is 8.24. The third kappa shape index (κ3) is 3.35. The Morgan fingerprint density at radius 3 is 2.84 bits per heavy atom. The van der Waals surface area contributed by atoms with Crippen molar-refractivity contribution in [1.82, 2.24) is 4.90 Å². The van der Waals surface area contributed by atoms with E-state index in [1.165, 1.54) is 44.1 Å². The van der Waals surface area contributed by atoms with Crippen molar-refractivity contribution in [3.05, 3.63) is 60.2 Å². The topological polar surface area (TPSA) is 23.5 Å². The maximum atomic E-state index is 9.96. The molecule has 1 aromatic carbocycles. The standard InChI is InChI=1S/C23H31NO/c25-18-24-17-21-13-7-12-20-11-4-5-15-23(20,21)16-22(24)14-6-10-19-8-2-1-3-9-19/h1-5,8-9,11,15,20-22,25H,6-7,10,12-14,16-18H2. The summed E-state index contributed by atoms with van der Waals surface area (Å²) in [6.07, 6.45) is 18.3. The summed E-state index contributed by atoms with van der Waals surface area (Å²) in [5, 5.41) is 9.96. The van der Waals surface area contributed by atoms with Crippen molar-refractivity contribution in [3.63, 3.8) is 0 Å². The average Bonchev–Trinajstić information content (AvgIpc) is 2.67. The van der Waals surface area contributed by atoms with Crippen molar-refractivity contribution in [3.8, 4) is 0 Å². The zero-order valence-electron chi connectivity index (χ0n) is 15.2. The highest BCUT2D eigenvalue weighted by molar-refractivity contribution is 5.24. The molecule has 1 heterocycles. The van der Waals surface area contributed by atoms with Crippen LogP contribution in [-0.4, -0.2) is 29.3 Å². The highest BCUT2D eigenvalue weighted by Crippen LogP contribution is 2.55. The van der Waals surface area contributed by atoms with Gasteiger partial charge in [0.2, 0.25) is 0 Å². The van der Waals surface area contributed by atoms with Crippen LogP contribution in [0.5, 0.6) is 0 Å². The molecule has 0 amide bonds. The normalized spacial score (nSPS) is 34.5. The van der Waals surface area contributed by atoms with Crippen molar-refractivity contribution in [1.29, 1.82) is 0 Å². The molecule has 4 rings (SSSR count). The zero-order chi connectivity index (χ0) is 17.1. The molecule has 134 valence electrons. The predicted molar refractivity (Wildman–Crippen MR) is 103 cm³/mol. The van der Waals surface area contributed by atoms with Crippen molar-refractivity contribution in [2.24, 2.45) is 17.3 Å². The molecule has 25 heavy (non-hydrogen) atoms. The van der Waals surface area contributed by atoms with E-state index >= 15 is 0 Å². The third-order valence-electron chi connectivity index (χ3n) is 6.97.